The zero-order valence-corrected chi connectivity index (χ0v) is 17.0. The number of nitrogens with zero attached hydrogens (tertiary/aromatic N) is 3. The number of halogens is 3. The van der Waals surface area contributed by atoms with Gasteiger partial charge in [-0.1, -0.05) is 6.07 Å². The van der Waals surface area contributed by atoms with Gasteiger partial charge in [-0.3, -0.25) is 4.79 Å². The summed E-state index contributed by atoms with van der Waals surface area (Å²) < 4.78 is 65.7. The van der Waals surface area contributed by atoms with Crippen LogP contribution in [0.4, 0.5) is 13.2 Å². The number of hydrogen-bond donors (Lipinski definition) is 2. The Morgan fingerprint density at radius 2 is 1.84 bits per heavy atom. The molecule has 32 heavy (non-hydrogen) atoms. The Kier molecular flexibility index (Phi) is 5.38. The van der Waals surface area contributed by atoms with Crippen LogP contribution in [0, 0.1) is 0 Å². The quantitative estimate of drug-likeness (QED) is 0.443. The number of alkyl halides is 3. The van der Waals surface area contributed by atoms with E-state index in [1.165, 1.54) is 0 Å². The standard InChI is InChI=1S/C20H14F3N5O3S/c21-20(22,23)14-2-1-3-15(8-14)32(30,31)16-9-25-17(26-10-16)11-27-19(29)13-4-5-18-24-6-7-28(18)12-13/h1-10,12H,11H2,(H,27,29)/p+1. The topological polar surface area (TPSA) is 109 Å². The van der Waals surface area contributed by atoms with Gasteiger partial charge in [-0.05, 0) is 24.3 Å². The van der Waals surface area contributed by atoms with E-state index < -0.39 is 26.5 Å². The summed E-state index contributed by atoms with van der Waals surface area (Å²) in [4.78, 5) is 22.3. The lowest BCUT2D eigenvalue weighted by atomic mass is 10.2. The Balaban J connectivity index is 1.47. The van der Waals surface area contributed by atoms with Crippen molar-refractivity contribution in [3.05, 3.63) is 84.3 Å². The third-order valence-electron chi connectivity index (χ3n) is 4.58. The molecular formula is C20H15F3N5O3S+. The molecule has 0 aliphatic rings. The summed E-state index contributed by atoms with van der Waals surface area (Å²) in [6.45, 7) is -0.0709. The van der Waals surface area contributed by atoms with Crippen LogP contribution in [0.1, 0.15) is 21.7 Å². The van der Waals surface area contributed by atoms with E-state index in [0.29, 0.717) is 11.6 Å². The van der Waals surface area contributed by atoms with Crippen molar-refractivity contribution in [2.75, 3.05) is 0 Å². The molecule has 0 spiro atoms. The number of carbonyl (C=O) groups is 1. The number of sulfone groups is 1. The predicted octanol–water partition coefficient (Wildman–Crippen LogP) is 2.33. The lowest BCUT2D eigenvalue weighted by Crippen LogP contribution is -2.27. The summed E-state index contributed by atoms with van der Waals surface area (Å²) in [7, 11) is -4.25. The molecule has 2 N–H and O–H groups in total. The molecule has 164 valence electrons. The number of imidazole rings is 1. The van der Waals surface area contributed by atoms with Crippen molar-refractivity contribution >= 4 is 21.4 Å². The molecule has 1 aromatic carbocycles. The highest BCUT2D eigenvalue weighted by atomic mass is 32.2. The van der Waals surface area contributed by atoms with E-state index in [2.05, 4.69) is 20.3 Å². The van der Waals surface area contributed by atoms with Crippen molar-refractivity contribution in [3.8, 4) is 0 Å². The molecule has 0 saturated heterocycles. The first-order chi connectivity index (χ1) is 15.1. The van der Waals surface area contributed by atoms with Crippen LogP contribution in [0.15, 0.2) is 77.2 Å². The summed E-state index contributed by atoms with van der Waals surface area (Å²) in [5, 5.41) is 2.62. The summed E-state index contributed by atoms with van der Waals surface area (Å²) in [6, 6.07) is 6.80. The van der Waals surface area contributed by atoms with Crippen LogP contribution < -0.4 is 9.72 Å². The third kappa shape index (κ3) is 4.30. The van der Waals surface area contributed by atoms with Gasteiger partial charge in [0, 0.05) is 18.5 Å². The first kappa shape index (κ1) is 21.4. The number of aromatic amines is 1. The summed E-state index contributed by atoms with van der Waals surface area (Å²) in [5.74, 6) is -0.249. The van der Waals surface area contributed by atoms with E-state index in [1.54, 1.807) is 35.1 Å². The summed E-state index contributed by atoms with van der Waals surface area (Å²) >= 11 is 0. The Hall–Kier alpha value is -3.80. The lowest BCUT2D eigenvalue weighted by molar-refractivity contribution is -0.510. The number of hydrogen-bond acceptors (Lipinski definition) is 5. The van der Waals surface area contributed by atoms with Crippen molar-refractivity contribution < 1.29 is 30.8 Å². The Morgan fingerprint density at radius 1 is 1.09 bits per heavy atom. The molecule has 0 atom stereocenters. The van der Waals surface area contributed by atoms with Gasteiger partial charge in [0.15, 0.2) is 0 Å². The number of benzene rings is 1. The fraction of sp³-hybridized carbons (Fsp3) is 0.100. The molecule has 0 saturated carbocycles. The fourth-order valence-corrected chi connectivity index (χ4v) is 4.11. The Bertz CT molecular complexity index is 1400. The van der Waals surface area contributed by atoms with Crippen molar-refractivity contribution in [2.45, 2.75) is 22.5 Å². The minimum Gasteiger partial charge on any atom is -0.345 e. The van der Waals surface area contributed by atoms with Crippen molar-refractivity contribution in [1.82, 2.24) is 20.3 Å². The second kappa shape index (κ2) is 8.04. The normalized spacial score (nSPS) is 12.1. The van der Waals surface area contributed by atoms with Crippen LogP contribution in [-0.4, -0.2) is 29.3 Å². The highest BCUT2D eigenvalue weighted by Gasteiger charge is 2.32. The van der Waals surface area contributed by atoms with Crippen LogP contribution in [0.2, 0.25) is 0 Å². The molecule has 0 bridgehead atoms. The van der Waals surface area contributed by atoms with Crippen LogP contribution in [0.5, 0.6) is 0 Å². The second-order valence-corrected chi connectivity index (χ2v) is 8.67. The van der Waals surface area contributed by atoms with E-state index in [4.69, 9.17) is 0 Å². The van der Waals surface area contributed by atoms with Crippen molar-refractivity contribution in [2.24, 2.45) is 0 Å². The maximum absolute atomic E-state index is 12.9. The van der Waals surface area contributed by atoms with E-state index in [0.717, 1.165) is 36.2 Å². The monoisotopic (exact) mass is 462 g/mol. The molecule has 0 aliphatic heterocycles. The van der Waals surface area contributed by atoms with Gasteiger partial charge in [0.1, 0.15) is 29.3 Å². The number of H-pyrrole nitrogens is 1. The zero-order chi connectivity index (χ0) is 22.9. The molecule has 1 amide bonds. The van der Waals surface area contributed by atoms with Gasteiger partial charge >= 0.3 is 6.18 Å². The number of rotatable bonds is 5. The van der Waals surface area contributed by atoms with E-state index in [9.17, 15) is 26.4 Å². The highest BCUT2D eigenvalue weighted by molar-refractivity contribution is 7.91. The van der Waals surface area contributed by atoms with E-state index in [-0.39, 0.29) is 23.2 Å². The Labute approximate surface area is 179 Å². The average molecular weight is 462 g/mol. The molecule has 3 aromatic heterocycles. The molecule has 0 fully saturated rings. The van der Waals surface area contributed by atoms with E-state index >= 15 is 0 Å². The lowest BCUT2D eigenvalue weighted by Gasteiger charge is -2.09. The maximum Gasteiger partial charge on any atom is 0.416 e. The number of amides is 1. The largest absolute Gasteiger partial charge is 0.416 e. The molecule has 0 unspecified atom stereocenters. The van der Waals surface area contributed by atoms with Gasteiger partial charge < -0.3 is 5.32 Å². The van der Waals surface area contributed by atoms with E-state index in [1.807, 2.05) is 0 Å². The van der Waals surface area contributed by atoms with Crippen LogP contribution >= 0.6 is 0 Å². The first-order valence-electron chi connectivity index (χ1n) is 9.14. The maximum atomic E-state index is 12.9. The van der Waals surface area contributed by atoms with Gasteiger partial charge in [0.2, 0.25) is 9.84 Å². The third-order valence-corrected chi connectivity index (χ3v) is 6.28. The minimum absolute atomic E-state index is 0.0709. The van der Waals surface area contributed by atoms with Gasteiger partial charge in [-0.2, -0.15) is 13.2 Å². The molecule has 12 heteroatoms. The summed E-state index contributed by atoms with van der Waals surface area (Å²) in [6.07, 6.45) is 2.41. The summed E-state index contributed by atoms with van der Waals surface area (Å²) in [5.41, 5.74) is 0.128. The van der Waals surface area contributed by atoms with Crippen molar-refractivity contribution in [3.63, 3.8) is 0 Å². The predicted molar refractivity (Wildman–Crippen MR) is 104 cm³/mol. The molecular weight excluding hydrogens is 447 g/mol. The molecule has 0 aliphatic carbocycles. The van der Waals surface area contributed by atoms with Gasteiger partial charge in [-0.15, -0.1) is 0 Å². The molecule has 4 aromatic rings. The van der Waals surface area contributed by atoms with Crippen LogP contribution in [0.3, 0.4) is 0 Å². The van der Waals surface area contributed by atoms with Crippen LogP contribution in [0.25, 0.3) is 5.65 Å². The zero-order valence-electron chi connectivity index (χ0n) is 16.2. The molecule has 8 nitrogen and oxygen atoms in total. The highest BCUT2D eigenvalue weighted by Crippen LogP contribution is 2.31. The number of fused-ring (bicyclic) bond motifs is 1. The minimum atomic E-state index is -4.67. The van der Waals surface area contributed by atoms with Gasteiger partial charge in [0.25, 0.3) is 11.6 Å². The number of pyridine rings is 1. The smallest absolute Gasteiger partial charge is 0.345 e. The fourth-order valence-electron chi connectivity index (χ4n) is 2.91. The first-order valence-corrected chi connectivity index (χ1v) is 10.6. The average Bonchev–Trinajstić information content (AvgIpc) is 3.25. The number of aromatic nitrogens is 4. The number of carbonyl (C=O) groups excluding carboxylic acids is 1. The van der Waals surface area contributed by atoms with Crippen molar-refractivity contribution in [1.29, 1.82) is 0 Å². The molecule has 0 radical (unpaired) electrons. The second-order valence-electron chi connectivity index (χ2n) is 6.72. The molecule has 3 heterocycles. The SMILES string of the molecule is O=C(NCc1ncc(S(=O)(=O)c2cccc(C(F)(F)F)c2)cn1)c1ccc2[nH]cc[n+]2c1. The molecule has 4 rings (SSSR count). The van der Waals surface area contributed by atoms with Gasteiger partial charge in [0.05, 0.1) is 22.6 Å². The number of nitrogens with one attached hydrogen (secondary N) is 2. The van der Waals surface area contributed by atoms with Crippen LogP contribution in [-0.2, 0) is 22.6 Å². The van der Waals surface area contributed by atoms with Gasteiger partial charge in [-0.25, -0.2) is 27.8 Å². The Morgan fingerprint density at radius 3 is 2.56 bits per heavy atom.